The van der Waals surface area contributed by atoms with Gasteiger partial charge in [-0.15, -0.1) is 0 Å². The first-order chi connectivity index (χ1) is 5.74. The molecule has 0 aliphatic carbocycles. The van der Waals surface area contributed by atoms with E-state index >= 15 is 0 Å². The van der Waals surface area contributed by atoms with Gasteiger partial charge in [0.15, 0.2) is 0 Å². The first-order valence-electron chi connectivity index (χ1n) is 3.72. The van der Waals surface area contributed by atoms with E-state index < -0.39 is 0 Å². The zero-order valence-electron chi connectivity index (χ0n) is 6.57. The van der Waals surface area contributed by atoms with Gasteiger partial charge in [-0.25, -0.2) is 4.98 Å². The maximum Gasteiger partial charge on any atom is 0.129 e. The summed E-state index contributed by atoms with van der Waals surface area (Å²) in [6, 6.07) is 3.35. The lowest BCUT2D eigenvalue weighted by molar-refractivity contribution is 0.276. The molecule has 1 rings (SSSR count). The molecule has 1 heterocycles. The van der Waals surface area contributed by atoms with Gasteiger partial charge in [-0.1, -0.05) is 17.7 Å². The van der Waals surface area contributed by atoms with Crippen molar-refractivity contribution in [3.8, 4) is 0 Å². The number of nitrogens with zero attached hydrogens (tertiary/aromatic N) is 1. The lowest BCUT2D eigenvalue weighted by atomic mass is 10.1. The average Bonchev–Trinajstić information content (AvgIpc) is 2.06. The largest absolute Gasteiger partial charge is 0.396 e. The van der Waals surface area contributed by atoms with Crippen LogP contribution in [0.3, 0.4) is 0 Å². The number of pyridine rings is 1. The SMILES string of the molecule is N[C@H](CCO)c1ccc(Cl)nc1. The van der Waals surface area contributed by atoms with E-state index in [2.05, 4.69) is 4.98 Å². The highest BCUT2D eigenvalue weighted by Crippen LogP contribution is 2.13. The molecule has 0 saturated heterocycles. The van der Waals surface area contributed by atoms with Crippen molar-refractivity contribution in [3.63, 3.8) is 0 Å². The fourth-order valence-electron chi connectivity index (χ4n) is 0.912. The Kier molecular flexibility index (Phi) is 3.47. The van der Waals surface area contributed by atoms with Crippen LogP contribution in [0.4, 0.5) is 0 Å². The molecule has 0 saturated carbocycles. The van der Waals surface area contributed by atoms with Crippen LogP contribution in [0.15, 0.2) is 18.3 Å². The Labute approximate surface area is 76.2 Å². The number of halogens is 1. The van der Waals surface area contributed by atoms with Gasteiger partial charge in [-0.05, 0) is 18.1 Å². The average molecular weight is 187 g/mol. The molecule has 12 heavy (non-hydrogen) atoms. The molecule has 0 bridgehead atoms. The van der Waals surface area contributed by atoms with Gasteiger partial charge in [0, 0.05) is 18.8 Å². The number of hydrogen-bond donors (Lipinski definition) is 2. The highest BCUT2D eigenvalue weighted by molar-refractivity contribution is 6.29. The number of nitrogens with two attached hydrogens (primary N) is 1. The first kappa shape index (κ1) is 9.45. The fourth-order valence-corrected chi connectivity index (χ4v) is 1.02. The van der Waals surface area contributed by atoms with Crippen molar-refractivity contribution in [2.45, 2.75) is 12.5 Å². The number of hydrogen-bond acceptors (Lipinski definition) is 3. The molecule has 1 aromatic rings. The van der Waals surface area contributed by atoms with E-state index in [9.17, 15) is 0 Å². The second-order valence-electron chi connectivity index (χ2n) is 2.53. The Bertz CT molecular complexity index is 237. The summed E-state index contributed by atoms with van der Waals surface area (Å²) >= 11 is 5.59. The van der Waals surface area contributed by atoms with E-state index in [1.54, 1.807) is 12.3 Å². The summed E-state index contributed by atoms with van der Waals surface area (Å²) in [6.45, 7) is 0.0871. The van der Waals surface area contributed by atoms with Crippen LogP contribution in [0, 0.1) is 0 Å². The van der Waals surface area contributed by atoms with E-state index in [-0.39, 0.29) is 12.6 Å². The molecule has 0 unspecified atom stereocenters. The summed E-state index contributed by atoms with van der Waals surface area (Å²) in [5.74, 6) is 0. The van der Waals surface area contributed by atoms with Gasteiger partial charge in [0.2, 0.25) is 0 Å². The third-order valence-electron chi connectivity index (χ3n) is 1.62. The van der Waals surface area contributed by atoms with E-state index in [1.807, 2.05) is 6.07 Å². The van der Waals surface area contributed by atoms with Crippen LogP contribution in [0.25, 0.3) is 0 Å². The Morgan fingerprint density at radius 1 is 1.58 bits per heavy atom. The van der Waals surface area contributed by atoms with Gasteiger partial charge in [0.1, 0.15) is 5.15 Å². The summed E-state index contributed by atoms with van der Waals surface area (Å²) in [4.78, 5) is 3.89. The second-order valence-corrected chi connectivity index (χ2v) is 2.92. The summed E-state index contributed by atoms with van der Waals surface area (Å²) in [6.07, 6.45) is 2.17. The molecule has 66 valence electrons. The van der Waals surface area contributed by atoms with E-state index in [0.717, 1.165) is 5.56 Å². The molecule has 1 atom stereocenters. The number of aromatic nitrogens is 1. The molecular formula is C8H11ClN2O. The molecule has 0 fully saturated rings. The van der Waals surface area contributed by atoms with Crippen LogP contribution in [0.1, 0.15) is 18.0 Å². The van der Waals surface area contributed by atoms with Crippen molar-refractivity contribution in [1.29, 1.82) is 0 Å². The normalized spacial score (nSPS) is 12.9. The van der Waals surface area contributed by atoms with Gasteiger partial charge < -0.3 is 10.8 Å². The van der Waals surface area contributed by atoms with Gasteiger partial charge in [0.05, 0.1) is 0 Å². The van der Waals surface area contributed by atoms with Crippen LogP contribution in [-0.4, -0.2) is 16.7 Å². The van der Waals surface area contributed by atoms with Crippen molar-refractivity contribution >= 4 is 11.6 Å². The molecule has 0 spiro atoms. The Balaban J connectivity index is 2.68. The van der Waals surface area contributed by atoms with Crippen molar-refractivity contribution < 1.29 is 5.11 Å². The lowest BCUT2D eigenvalue weighted by Crippen LogP contribution is -2.11. The maximum atomic E-state index is 8.63. The highest BCUT2D eigenvalue weighted by Gasteiger charge is 2.04. The maximum absolute atomic E-state index is 8.63. The van der Waals surface area contributed by atoms with Gasteiger partial charge in [-0.2, -0.15) is 0 Å². The summed E-state index contributed by atoms with van der Waals surface area (Å²) in [5.41, 5.74) is 6.61. The van der Waals surface area contributed by atoms with E-state index in [1.165, 1.54) is 0 Å². The quantitative estimate of drug-likeness (QED) is 0.696. The third-order valence-corrected chi connectivity index (χ3v) is 1.84. The number of aliphatic hydroxyl groups is 1. The third kappa shape index (κ3) is 2.44. The molecule has 0 aliphatic rings. The minimum atomic E-state index is -0.153. The number of aliphatic hydroxyl groups excluding tert-OH is 1. The van der Waals surface area contributed by atoms with Gasteiger partial charge in [-0.3, -0.25) is 0 Å². The van der Waals surface area contributed by atoms with Crippen LogP contribution >= 0.6 is 11.6 Å². The second kappa shape index (κ2) is 4.40. The van der Waals surface area contributed by atoms with Gasteiger partial charge >= 0.3 is 0 Å². The number of rotatable bonds is 3. The Morgan fingerprint density at radius 3 is 2.83 bits per heavy atom. The minimum Gasteiger partial charge on any atom is -0.396 e. The van der Waals surface area contributed by atoms with E-state index in [0.29, 0.717) is 11.6 Å². The molecule has 0 amide bonds. The summed E-state index contributed by atoms with van der Waals surface area (Å²) in [5, 5.41) is 9.08. The minimum absolute atomic E-state index is 0.0871. The molecule has 3 N–H and O–H groups in total. The van der Waals surface area contributed by atoms with Gasteiger partial charge in [0.25, 0.3) is 0 Å². The molecule has 4 heteroatoms. The predicted molar refractivity (Wildman–Crippen MR) is 47.9 cm³/mol. The zero-order valence-corrected chi connectivity index (χ0v) is 7.33. The van der Waals surface area contributed by atoms with E-state index in [4.69, 9.17) is 22.4 Å². The predicted octanol–water partition coefficient (Wildman–Crippen LogP) is 1.12. The summed E-state index contributed by atoms with van der Waals surface area (Å²) in [7, 11) is 0. The van der Waals surface area contributed by atoms with Crippen LogP contribution < -0.4 is 5.73 Å². The first-order valence-corrected chi connectivity index (χ1v) is 4.09. The van der Waals surface area contributed by atoms with Crippen molar-refractivity contribution in [3.05, 3.63) is 29.0 Å². The Hall–Kier alpha value is -0.640. The zero-order chi connectivity index (χ0) is 8.97. The molecule has 0 aromatic carbocycles. The highest BCUT2D eigenvalue weighted by atomic mass is 35.5. The molecular weight excluding hydrogens is 176 g/mol. The van der Waals surface area contributed by atoms with Crippen LogP contribution in [0.2, 0.25) is 5.15 Å². The topological polar surface area (TPSA) is 59.1 Å². The Morgan fingerprint density at radius 2 is 2.33 bits per heavy atom. The lowest BCUT2D eigenvalue weighted by Gasteiger charge is -2.08. The van der Waals surface area contributed by atoms with Crippen molar-refractivity contribution in [2.75, 3.05) is 6.61 Å². The van der Waals surface area contributed by atoms with Crippen LogP contribution in [0.5, 0.6) is 0 Å². The smallest absolute Gasteiger partial charge is 0.129 e. The fraction of sp³-hybridized carbons (Fsp3) is 0.375. The van der Waals surface area contributed by atoms with Crippen molar-refractivity contribution in [1.82, 2.24) is 4.98 Å². The van der Waals surface area contributed by atoms with Crippen molar-refractivity contribution in [2.24, 2.45) is 5.73 Å². The molecule has 0 radical (unpaired) electrons. The molecule has 1 aromatic heterocycles. The van der Waals surface area contributed by atoms with Crippen LogP contribution in [-0.2, 0) is 0 Å². The molecule has 0 aliphatic heterocycles. The standard InChI is InChI=1S/C8H11ClN2O/c9-8-2-1-6(5-11-8)7(10)3-4-12/h1-2,5,7,12H,3-4,10H2/t7-/m1/s1. The summed E-state index contributed by atoms with van der Waals surface area (Å²) < 4.78 is 0. The molecule has 3 nitrogen and oxygen atoms in total. The monoisotopic (exact) mass is 186 g/mol.